The maximum Gasteiger partial charge on any atom is 0.255 e. The third-order valence-corrected chi connectivity index (χ3v) is 7.46. The largest absolute Gasteiger partial charge is 0.495 e. The van der Waals surface area contributed by atoms with E-state index in [1.807, 2.05) is 47.4 Å². The lowest BCUT2D eigenvalue weighted by Gasteiger charge is -2.32. The summed E-state index contributed by atoms with van der Waals surface area (Å²) in [5, 5.41) is 5.70. The number of methoxy groups -OCH3 is 1. The zero-order chi connectivity index (χ0) is 26.4. The molecule has 194 valence electrons. The van der Waals surface area contributed by atoms with Gasteiger partial charge in [0.1, 0.15) is 5.75 Å². The van der Waals surface area contributed by atoms with Crippen LogP contribution in [0, 0.1) is 0 Å². The number of carbonyl (C=O) groups is 2. The molecule has 10 heteroatoms. The summed E-state index contributed by atoms with van der Waals surface area (Å²) in [5.74, 6) is -0.0719. The molecule has 0 aliphatic carbocycles. The number of rotatable bonds is 8. The second-order valence-electron chi connectivity index (χ2n) is 8.80. The first-order valence-corrected chi connectivity index (χ1v) is 13.7. The number of hydrogen-bond donors (Lipinski definition) is 2. The highest BCUT2D eigenvalue weighted by Gasteiger charge is 2.24. The number of hydrogen-bond acceptors (Lipinski definition) is 6. The van der Waals surface area contributed by atoms with E-state index in [4.69, 9.17) is 4.74 Å². The van der Waals surface area contributed by atoms with Crippen molar-refractivity contribution >= 4 is 33.2 Å². The van der Waals surface area contributed by atoms with Gasteiger partial charge in [0.2, 0.25) is 15.9 Å². The standard InChI is InChI=1S/C27H30N4O5S/c1-36-25-13-12-23(28-27(33)22-10-8-21(9-11-22)20-6-4-3-5-7-20)18-24(25)29-26(32)19-30-14-16-31(17-15-30)37(2,34)35/h3-13,18H,14-17,19H2,1-2H3,(H,28,33)(H,29,32). The first kappa shape index (κ1) is 26.3. The Morgan fingerprint density at radius 3 is 2.14 bits per heavy atom. The van der Waals surface area contributed by atoms with Crippen LogP contribution in [-0.4, -0.2) is 75.5 Å². The lowest BCUT2D eigenvalue weighted by molar-refractivity contribution is -0.117. The lowest BCUT2D eigenvalue weighted by Crippen LogP contribution is -2.50. The number of carbonyl (C=O) groups excluding carboxylic acids is 2. The zero-order valence-electron chi connectivity index (χ0n) is 20.8. The molecule has 3 aromatic rings. The first-order chi connectivity index (χ1) is 17.7. The van der Waals surface area contributed by atoms with Crippen LogP contribution in [0.2, 0.25) is 0 Å². The van der Waals surface area contributed by atoms with Gasteiger partial charge >= 0.3 is 0 Å². The Kier molecular flexibility index (Phi) is 8.22. The molecule has 1 heterocycles. The van der Waals surface area contributed by atoms with Crippen molar-refractivity contribution in [2.45, 2.75) is 0 Å². The number of nitrogens with one attached hydrogen (secondary N) is 2. The topological polar surface area (TPSA) is 108 Å². The maximum absolute atomic E-state index is 12.8. The van der Waals surface area contributed by atoms with E-state index in [0.717, 1.165) is 11.1 Å². The number of piperazine rings is 1. The van der Waals surface area contributed by atoms with Crippen LogP contribution in [0.4, 0.5) is 11.4 Å². The van der Waals surface area contributed by atoms with Crippen LogP contribution in [-0.2, 0) is 14.8 Å². The van der Waals surface area contributed by atoms with Crippen molar-refractivity contribution in [2.24, 2.45) is 0 Å². The SMILES string of the molecule is COc1ccc(NC(=O)c2ccc(-c3ccccc3)cc2)cc1NC(=O)CN1CCN(S(C)(=O)=O)CC1. The van der Waals surface area contributed by atoms with Gasteiger partial charge in [0, 0.05) is 37.4 Å². The molecular weight excluding hydrogens is 492 g/mol. The van der Waals surface area contributed by atoms with Crippen LogP contribution in [0.5, 0.6) is 5.75 Å². The second kappa shape index (κ2) is 11.5. The second-order valence-corrected chi connectivity index (χ2v) is 10.8. The van der Waals surface area contributed by atoms with Gasteiger partial charge in [0.05, 0.1) is 25.6 Å². The van der Waals surface area contributed by atoms with Crippen molar-refractivity contribution in [3.05, 3.63) is 78.4 Å². The number of sulfonamides is 1. The quantitative estimate of drug-likeness (QED) is 0.471. The highest BCUT2D eigenvalue weighted by atomic mass is 32.2. The Morgan fingerprint density at radius 2 is 1.51 bits per heavy atom. The van der Waals surface area contributed by atoms with Gasteiger partial charge < -0.3 is 15.4 Å². The van der Waals surface area contributed by atoms with E-state index < -0.39 is 10.0 Å². The Hall–Kier alpha value is -3.73. The normalized spacial score (nSPS) is 14.6. The number of amides is 2. The minimum absolute atomic E-state index is 0.116. The fourth-order valence-corrected chi connectivity index (χ4v) is 4.97. The molecule has 0 saturated carbocycles. The molecule has 0 unspecified atom stereocenters. The molecule has 4 rings (SSSR count). The van der Waals surface area contributed by atoms with E-state index in [2.05, 4.69) is 10.6 Å². The molecule has 0 aromatic heterocycles. The Labute approximate surface area is 217 Å². The van der Waals surface area contributed by atoms with Crippen molar-refractivity contribution in [2.75, 3.05) is 56.7 Å². The summed E-state index contributed by atoms with van der Waals surface area (Å²) in [6.07, 6.45) is 1.19. The van der Waals surface area contributed by atoms with E-state index in [1.165, 1.54) is 17.7 Å². The number of benzene rings is 3. The van der Waals surface area contributed by atoms with Gasteiger partial charge in [-0.05, 0) is 41.5 Å². The van der Waals surface area contributed by atoms with Crippen molar-refractivity contribution < 1.29 is 22.7 Å². The Balaban J connectivity index is 1.38. The van der Waals surface area contributed by atoms with Crippen LogP contribution in [0.15, 0.2) is 72.8 Å². The maximum atomic E-state index is 12.8. The summed E-state index contributed by atoms with van der Waals surface area (Å²) < 4.78 is 30.1. The highest BCUT2D eigenvalue weighted by molar-refractivity contribution is 7.88. The van der Waals surface area contributed by atoms with E-state index in [-0.39, 0.29) is 18.4 Å². The molecule has 2 amide bonds. The van der Waals surface area contributed by atoms with Gasteiger partial charge in [-0.25, -0.2) is 8.42 Å². The molecule has 0 bridgehead atoms. The van der Waals surface area contributed by atoms with Crippen LogP contribution >= 0.6 is 0 Å². The molecule has 0 radical (unpaired) electrons. The summed E-state index contributed by atoms with van der Waals surface area (Å²) >= 11 is 0. The molecule has 9 nitrogen and oxygen atoms in total. The molecule has 2 N–H and O–H groups in total. The third-order valence-electron chi connectivity index (χ3n) is 6.15. The van der Waals surface area contributed by atoms with Crippen LogP contribution in [0.1, 0.15) is 10.4 Å². The zero-order valence-corrected chi connectivity index (χ0v) is 21.6. The molecule has 1 saturated heterocycles. The fourth-order valence-electron chi connectivity index (χ4n) is 4.14. The first-order valence-electron chi connectivity index (χ1n) is 11.8. The third kappa shape index (κ3) is 6.94. The monoisotopic (exact) mass is 522 g/mol. The average Bonchev–Trinajstić information content (AvgIpc) is 2.89. The summed E-state index contributed by atoms with van der Waals surface area (Å²) in [6, 6.07) is 22.3. The van der Waals surface area contributed by atoms with E-state index in [0.29, 0.717) is 48.9 Å². The minimum Gasteiger partial charge on any atom is -0.495 e. The van der Waals surface area contributed by atoms with Crippen molar-refractivity contribution in [1.29, 1.82) is 0 Å². The molecule has 0 spiro atoms. The lowest BCUT2D eigenvalue weighted by atomic mass is 10.0. The average molecular weight is 523 g/mol. The highest BCUT2D eigenvalue weighted by Crippen LogP contribution is 2.28. The van der Waals surface area contributed by atoms with Gasteiger partial charge in [0.15, 0.2) is 0 Å². The van der Waals surface area contributed by atoms with Crippen molar-refractivity contribution in [3.63, 3.8) is 0 Å². The van der Waals surface area contributed by atoms with E-state index >= 15 is 0 Å². The molecule has 1 fully saturated rings. The molecule has 3 aromatic carbocycles. The van der Waals surface area contributed by atoms with Crippen molar-refractivity contribution in [1.82, 2.24) is 9.21 Å². The van der Waals surface area contributed by atoms with Gasteiger partial charge in [0.25, 0.3) is 5.91 Å². The predicted octanol–water partition coefficient (Wildman–Crippen LogP) is 3.13. The molecule has 1 aliphatic heterocycles. The summed E-state index contributed by atoms with van der Waals surface area (Å²) in [6.45, 7) is 1.76. The summed E-state index contributed by atoms with van der Waals surface area (Å²) in [7, 11) is -1.73. The fraction of sp³-hybridized carbons (Fsp3) is 0.259. The van der Waals surface area contributed by atoms with Gasteiger partial charge in [-0.1, -0.05) is 42.5 Å². The molecule has 0 atom stereocenters. The Morgan fingerprint density at radius 1 is 0.865 bits per heavy atom. The predicted molar refractivity (Wildman–Crippen MR) is 144 cm³/mol. The van der Waals surface area contributed by atoms with Gasteiger partial charge in [-0.3, -0.25) is 14.5 Å². The Bertz CT molecular complexity index is 1350. The van der Waals surface area contributed by atoms with Crippen LogP contribution in [0.25, 0.3) is 11.1 Å². The summed E-state index contributed by atoms with van der Waals surface area (Å²) in [5.41, 5.74) is 3.54. The number of nitrogens with zero attached hydrogens (tertiary/aromatic N) is 2. The van der Waals surface area contributed by atoms with E-state index in [1.54, 1.807) is 30.3 Å². The van der Waals surface area contributed by atoms with Gasteiger partial charge in [-0.15, -0.1) is 0 Å². The van der Waals surface area contributed by atoms with Crippen molar-refractivity contribution in [3.8, 4) is 16.9 Å². The molecular formula is C27H30N4O5S. The minimum atomic E-state index is -3.23. The van der Waals surface area contributed by atoms with Crippen LogP contribution < -0.4 is 15.4 Å². The summed E-state index contributed by atoms with van der Waals surface area (Å²) in [4.78, 5) is 27.4. The smallest absolute Gasteiger partial charge is 0.255 e. The van der Waals surface area contributed by atoms with Gasteiger partial charge in [-0.2, -0.15) is 4.31 Å². The number of ether oxygens (including phenoxy) is 1. The van der Waals surface area contributed by atoms with E-state index in [9.17, 15) is 18.0 Å². The number of anilines is 2. The molecule has 1 aliphatic rings. The van der Waals surface area contributed by atoms with Crippen LogP contribution in [0.3, 0.4) is 0 Å². The molecule has 37 heavy (non-hydrogen) atoms.